The topological polar surface area (TPSA) is 34.1 Å². The van der Waals surface area contributed by atoms with Gasteiger partial charge in [0.2, 0.25) is 5.78 Å². The van der Waals surface area contributed by atoms with E-state index >= 15 is 0 Å². The Balaban J connectivity index is 3.63. The molecule has 0 fully saturated rings. The molecule has 2 nitrogen and oxygen atoms in total. The zero-order chi connectivity index (χ0) is 12.6. The molecule has 0 aliphatic carbocycles. The third-order valence-electron chi connectivity index (χ3n) is 2.23. The van der Waals surface area contributed by atoms with Crippen molar-refractivity contribution in [2.24, 2.45) is 0 Å². The lowest BCUT2D eigenvalue weighted by molar-refractivity contribution is -0.171. The zero-order valence-corrected chi connectivity index (χ0v) is 9.40. The van der Waals surface area contributed by atoms with Crippen molar-refractivity contribution in [1.29, 1.82) is 0 Å². The standard InChI is InChI=1S/C11H17F3O2/c1-2-3-4-5-6-7-9(15)8-10(16)11(12,13)14/h2-8H2,1H3. The van der Waals surface area contributed by atoms with Crippen molar-refractivity contribution >= 4 is 11.6 Å². The predicted octanol–water partition coefficient (Wildman–Crippen LogP) is 3.44. The minimum atomic E-state index is -4.88. The maximum absolute atomic E-state index is 11.8. The molecule has 0 N–H and O–H groups in total. The first-order chi connectivity index (χ1) is 7.38. The van der Waals surface area contributed by atoms with Gasteiger partial charge in [0.05, 0.1) is 6.42 Å². The van der Waals surface area contributed by atoms with Gasteiger partial charge in [-0.25, -0.2) is 0 Å². The highest BCUT2D eigenvalue weighted by Gasteiger charge is 2.38. The second-order valence-electron chi connectivity index (χ2n) is 3.80. The Morgan fingerprint density at radius 2 is 1.56 bits per heavy atom. The van der Waals surface area contributed by atoms with Crippen LogP contribution in [0.15, 0.2) is 0 Å². The molecule has 0 heterocycles. The SMILES string of the molecule is CCCCCCCC(=O)CC(=O)C(F)(F)F. The first-order valence-electron chi connectivity index (χ1n) is 5.49. The number of halogens is 3. The van der Waals surface area contributed by atoms with Crippen molar-refractivity contribution in [2.45, 2.75) is 58.0 Å². The van der Waals surface area contributed by atoms with E-state index in [9.17, 15) is 22.8 Å². The number of rotatable bonds is 8. The normalized spacial score (nSPS) is 11.5. The summed E-state index contributed by atoms with van der Waals surface area (Å²) >= 11 is 0. The lowest BCUT2D eigenvalue weighted by atomic mass is 10.1. The molecular formula is C11H17F3O2. The Kier molecular flexibility index (Phi) is 7.01. The lowest BCUT2D eigenvalue weighted by Crippen LogP contribution is -2.25. The molecule has 0 bridgehead atoms. The Labute approximate surface area is 93.2 Å². The number of ketones is 2. The summed E-state index contributed by atoms with van der Waals surface area (Å²) in [4.78, 5) is 21.5. The van der Waals surface area contributed by atoms with Gasteiger partial charge in [0.15, 0.2) is 0 Å². The van der Waals surface area contributed by atoms with Gasteiger partial charge >= 0.3 is 6.18 Å². The smallest absolute Gasteiger partial charge is 0.299 e. The van der Waals surface area contributed by atoms with Crippen molar-refractivity contribution < 1.29 is 22.8 Å². The molecule has 0 aromatic heterocycles. The Bertz CT molecular complexity index is 234. The van der Waals surface area contributed by atoms with E-state index in [-0.39, 0.29) is 6.42 Å². The number of Topliss-reactive ketones (excluding diaryl/α,β-unsaturated/α-hetero) is 2. The molecule has 0 amide bonds. The van der Waals surface area contributed by atoms with E-state index in [1.165, 1.54) is 0 Å². The summed E-state index contributed by atoms with van der Waals surface area (Å²) in [5.74, 6) is -2.55. The van der Waals surface area contributed by atoms with Crippen molar-refractivity contribution in [3.8, 4) is 0 Å². The van der Waals surface area contributed by atoms with Crippen LogP contribution >= 0.6 is 0 Å². The molecule has 0 aromatic carbocycles. The highest BCUT2D eigenvalue weighted by molar-refractivity contribution is 6.01. The van der Waals surface area contributed by atoms with E-state index in [1.54, 1.807) is 0 Å². The maximum atomic E-state index is 11.8. The van der Waals surface area contributed by atoms with Crippen LogP contribution in [0.2, 0.25) is 0 Å². The average Bonchev–Trinajstić information content (AvgIpc) is 2.16. The fourth-order valence-corrected chi connectivity index (χ4v) is 1.29. The molecule has 5 heteroatoms. The number of unbranched alkanes of at least 4 members (excludes halogenated alkanes) is 4. The Morgan fingerprint density at radius 1 is 1.00 bits per heavy atom. The number of carbonyl (C=O) groups excluding carboxylic acids is 2. The second kappa shape index (κ2) is 7.41. The van der Waals surface area contributed by atoms with Crippen LogP contribution in [0.5, 0.6) is 0 Å². The molecule has 0 rings (SSSR count). The first-order valence-corrected chi connectivity index (χ1v) is 5.49. The molecule has 0 saturated heterocycles. The third-order valence-corrected chi connectivity index (χ3v) is 2.23. The first kappa shape index (κ1) is 15.1. The zero-order valence-electron chi connectivity index (χ0n) is 9.40. The van der Waals surface area contributed by atoms with E-state index < -0.39 is 24.2 Å². The molecule has 0 spiro atoms. The van der Waals surface area contributed by atoms with Crippen LogP contribution in [-0.2, 0) is 9.59 Å². The largest absolute Gasteiger partial charge is 0.450 e. The Morgan fingerprint density at radius 3 is 2.06 bits per heavy atom. The van der Waals surface area contributed by atoms with Gasteiger partial charge in [-0.15, -0.1) is 0 Å². The van der Waals surface area contributed by atoms with Crippen LogP contribution in [0, 0.1) is 0 Å². The molecular weight excluding hydrogens is 221 g/mol. The van der Waals surface area contributed by atoms with E-state index in [0.717, 1.165) is 25.7 Å². The summed E-state index contributed by atoms with van der Waals surface area (Å²) in [5.41, 5.74) is 0. The Hall–Kier alpha value is -0.870. The van der Waals surface area contributed by atoms with E-state index in [2.05, 4.69) is 0 Å². The quantitative estimate of drug-likeness (QED) is 0.479. The summed E-state index contributed by atoms with van der Waals surface area (Å²) < 4.78 is 35.4. The molecule has 16 heavy (non-hydrogen) atoms. The third kappa shape index (κ3) is 7.43. The van der Waals surface area contributed by atoms with E-state index in [1.807, 2.05) is 6.92 Å². The van der Waals surface area contributed by atoms with Crippen molar-refractivity contribution in [3.63, 3.8) is 0 Å². The number of hydrogen-bond acceptors (Lipinski definition) is 2. The van der Waals surface area contributed by atoms with Crippen LogP contribution < -0.4 is 0 Å². The predicted molar refractivity (Wildman–Crippen MR) is 54.1 cm³/mol. The van der Waals surface area contributed by atoms with Gasteiger partial charge in [0, 0.05) is 6.42 Å². The van der Waals surface area contributed by atoms with E-state index in [0.29, 0.717) is 6.42 Å². The van der Waals surface area contributed by atoms with Crippen molar-refractivity contribution in [2.75, 3.05) is 0 Å². The number of alkyl halides is 3. The highest BCUT2D eigenvalue weighted by Crippen LogP contribution is 2.18. The van der Waals surface area contributed by atoms with Gasteiger partial charge in [-0.2, -0.15) is 13.2 Å². The van der Waals surface area contributed by atoms with Gasteiger partial charge < -0.3 is 0 Å². The molecule has 0 aliphatic heterocycles. The van der Waals surface area contributed by atoms with Gasteiger partial charge in [0.1, 0.15) is 5.78 Å². The summed E-state index contributed by atoms with van der Waals surface area (Å²) in [7, 11) is 0. The van der Waals surface area contributed by atoms with Crippen LogP contribution in [0.3, 0.4) is 0 Å². The maximum Gasteiger partial charge on any atom is 0.450 e. The summed E-state index contributed by atoms with van der Waals surface area (Å²) in [6.07, 6.45) is -1.28. The molecule has 0 radical (unpaired) electrons. The highest BCUT2D eigenvalue weighted by atomic mass is 19.4. The summed E-state index contributed by atoms with van der Waals surface area (Å²) in [6, 6.07) is 0. The fraction of sp³-hybridized carbons (Fsp3) is 0.818. The van der Waals surface area contributed by atoms with Gasteiger partial charge in [-0.05, 0) is 6.42 Å². The molecule has 0 atom stereocenters. The average molecular weight is 238 g/mol. The number of carbonyl (C=O) groups is 2. The van der Waals surface area contributed by atoms with Crippen LogP contribution in [0.1, 0.15) is 51.9 Å². The van der Waals surface area contributed by atoms with Gasteiger partial charge in [-0.1, -0.05) is 32.6 Å². The van der Waals surface area contributed by atoms with Gasteiger partial charge in [-0.3, -0.25) is 9.59 Å². The second-order valence-corrected chi connectivity index (χ2v) is 3.80. The fourth-order valence-electron chi connectivity index (χ4n) is 1.29. The lowest BCUT2D eigenvalue weighted by Gasteiger charge is -2.04. The van der Waals surface area contributed by atoms with E-state index in [4.69, 9.17) is 0 Å². The summed E-state index contributed by atoms with van der Waals surface area (Å²) in [5, 5.41) is 0. The minimum Gasteiger partial charge on any atom is -0.299 e. The molecule has 0 aromatic rings. The molecule has 0 unspecified atom stereocenters. The molecule has 94 valence electrons. The van der Waals surface area contributed by atoms with Crippen LogP contribution in [0.25, 0.3) is 0 Å². The van der Waals surface area contributed by atoms with Crippen molar-refractivity contribution in [1.82, 2.24) is 0 Å². The van der Waals surface area contributed by atoms with Gasteiger partial charge in [0.25, 0.3) is 0 Å². The van der Waals surface area contributed by atoms with Crippen LogP contribution in [-0.4, -0.2) is 17.7 Å². The minimum absolute atomic E-state index is 0.0749. The van der Waals surface area contributed by atoms with Crippen LogP contribution in [0.4, 0.5) is 13.2 Å². The number of hydrogen-bond donors (Lipinski definition) is 0. The summed E-state index contributed by atoms with van der Waals surface area (Å²) in [6.45, 7) is 2.05. The molecule has 0 aliphatic rings. The molecule has 0 saturated carbocycles. The monoisotopic (exact) mass is 238 g/mol. The van der Waals surface area contributed by atoms with Crippen molar-refractivity contribution in [3.05, 3.63) is 0 Å².